The van der Waals surface area contributed by atoms with E-state index in [9.17, 15) is 14.9 Å². The lowest BCUT2D eigenvalue weighted by molar-refractivity contribution is -0.384. The summed E-state index contributed by atoms with van der Waals surface area (Å²) in [7, 11) is 0. The fourth-order valence-electron chi connectivity index (χ4n) is 1.60. The number of alkyl carbamates (subject to hydrolysis) is 1. The van der Waals surface area contributed by atoms with Gasteiger partial charge in [-0.05, 0) is 33.3 Å². The number of nitrogens with zero attached hydrogens (tertiary/aromatic N) is 1. The van der Waals surface area contributed by atoms with Crippen LogP contribution in [-0.2, 0) is 4.74 Å². The van der Waals surface area contributed by atoms with Gasteiger partial charge in [-0.3, -0.25) is 10.1 Å². The Labute approximate surface area is 129 Å². The van der Waals surface area contributed by atoms with E-state index in [4.69, 9.17) is 10.5 Å². The van der Waals surface area contributed by atoms with E-state index in [1.807, 2.05) is 0 Å². The van der Waals surface area contributed by atoms with Crippen LogP contribution < -0.4 is 11.1 Å². The van der Waals surface area contributed by atoms with Gasteiger partial charge >= 0.3 is 6.09 Å². The molecule has 0 aromatic heterocycles. The predicted octanol–water partition coefficient (Wildman–Crippen LogP) is 3.11. The quantitative estimate of drug-likeness (QED) is 0.376. The number of nitrogen functional groups attached to an aromatic ring is 1. The maximum Gasteiger partial charge on any atom is 0.407 e. The van der Waals surface area contributed by atoms with Crippen LogP contribution >= 0.6 is 0 Å². The fraction of sp³-hybridized carbons (Fsp3) is 0.400. The van der Waals surface area contributed by atoms with Crippen molar-refractivity contribution < 1.29 is 14.5 Å². The summed E-state index contributed by atoms with van der Waals surface area (Å²) >= 11 is 0. The van der Waals surface area contributed by atoms with Gasteiger partial charge in [0.2, 0.25) is 0 Å². The van der Waals surface area contributed by atoms with Crippen LogP contribution in [0.15, 0.2) is 24.3 Å². The van der Waals surface area contributed by atoms with Crippen LogP contribution in [0.2, 0.25) is 0 Å². The Balaban J connectivity index is 2.48. The number of nitrogens with two attached hydrogens (primary N) is 1. The zero-order valence-corrected chi connectivity index (χ0v) is 13.0. The van der Waals surface area contributed by atoms with Crippen LogP contribution in [0, 0.1) is 10.1 Å². The third-order valence-corrected chi connectivity index (χ3v) is 2.56. The van der Waals surface area contributed by atoms with E-state index in [1.54, 1.807) is 32.9 Å². The number of nitrogens with one attached hydrogen (secondary N) is 1. The number of benzene rings is 1. The third kappa shape index (κ3) is 6.25. The summed E-state index contributed by atoms with van der Waals surface area (Å²) < 4.78 is 5.09. The van der Waals surface area contributed by atoms with Crippen molar-refractivity contribution in [1.29, 1.82) is 0 Å². The maximum atomic E-state index is 11.4. The van der Waals surface area contributed by atoms with Gasteiger partial charge in [0.1, 0.15) is 5.60 Å². The second-order valence-corrected chi connectivity index (χ2v) is 5.69. The zero-order chi connectivity index (χ0) is 16.8. The summed E-state index contributed by atoms with van der Waals surface area (Å²) in [5, 5.41) is 13.3. The molecule has 7 nitrogen and oxygen atoms in total. The average molecular weight is 307 g/mol. The molecule has 0 unspecified atom stereocenters. The van der Waals surface area contributed by atoms with Gasteiger partial charge in [0.25, 0.3) is 5.69 Å². The monoisotopic (exact) mass is 307 g/mol. The third-order valence-electron chi connectivity index (χ3n) is 2.56. The van der Waals surface area contributed by atoms with Crippen molar-refractivity contribution >= 4 is 23.5 Å². The molecule has 0 aliphatic rings. The smallest absolute Gasteiger partial charge is 0.407 e. The number of carbonyl (C=O) groups excluding carboxylic acids is 1. The lowest BCUT2D eigenvalue weighted by Gasteiger charge is -2.19. The van der Waals surface area contributed by atoms with Gasteiger partial charge in [0.05, 0.1) is 4.92 Å². The number of hydrogen-bond acceptors (Lipinski definition) is 5. The molecule has 7 heteroatoms. The highest BCUT2D eigenvalue weighted by molar-refractivity contribution is 5.68. The van der Waals surface area contributed by atoms with Gasteiger partial charge in [-0.2, -0.15) is 0 Å². The molecule has 0 saturated carbocycles. The van der Waals surface area contributed by atoms with Gasteiger partial charge in [-0.15, -0.1) is 0 Å². The first-order chi connectivity index (χ1) is 10.2. The summed E-state index contributed by atoms with van der Waals surface area (Å²) in [6.45, 7) is 5.77. The summed E-state index contributed by atoms with van der Waals surface area (Å²) in [6, 6.07) is 4.26. The highest BCUT2D eigenvalue weighted by Crippen LogP contribution is 2.20. The molecule has 1 aromatic rings. The first kappa shape index (κ1) is 17.5. The summed E-state index contributed by atoms with van der Waals surface area (Å²) in [6.07, 6.45) is 3.56. The van der Waals surface area contributed by atoms with Gasteiger partial charge in [-0.25, -0.2) is 4.79 Å². The fourth-order valence-corrected chi connectivity index (χ4v) is 1.60. The Kier molecular flexibility index (Phi) is 5.91. The van der Waals surface area contributed by atoms with E-state index < -0.39 is 16.6 Å². The van der Waals surface area contributed by atoms with Crippen LogP contribution in [0.25, 0.3) is 6.08 Å². The number of hydrogen-bond donors (Lipinski definition) is 2. The molecule has 0 saturated heterocycles. The number of nitro benzene ring substituents is 1. The van der Waals surface area contributed by atoms with Crippen molar-refractivity contribution in [1.82, 2.24) is 5.32 Å². The number of rotatable bonds is 5. The van der Waals surface area contributed by atoms with E-state index in [0.29, 0.717) is 24.2 Å². The van der Waals surface area contributed by atoms with Crippen molar-refractivity contribution in [2.45, 2.75) is 32.8 Å². The maximum absolute atomic E-state index is 11.4. The summed E-state index contributed by atoms with van der Waals surface area (Å²) in [4.78, 5) is 21.7. The summed E-state index contributed by atoms with van der Waals surface area (Å²) in [5.74, 6) is 0. The van der Waals surface area contributed by atoms with Crippen LogP contribution in [0.5, 0.6) is 0 Å². The summed E-state index contributed by atoms with van der Waals surface area (Å²) in [5.41, 5.74) is 6.25. The molecular formula is C15H21N3O4. The predicted molar refractivity (Wildman–Crippen MR) is 85.4 cm³/mol. The Morgan fingerprint density at radius 2 is 2.14 bits per heavy atom. The number of ether oxygens (including phenoxy) is 1. The minimum Gasteiger partial charge on any atom is -0.444 e. The molecule has 22 heavy (non-hydrogen) atoms. The standard InChI is InChI=1S/C15H21N3O4/c1-15(2,3)22-14(19)17-9-5-4-6-11-10-12(18(20)21)7-8-13(11)16/h4,6-8,10H,5,9,16H2,1-3H3,(H,17,19). The first-order valence-corrected chi connectivity index (χ1v) is 6.86. The molecule has 0 heterocycles. The van der Waals surface area contributed by atoms with E-state index >= 15 is 0 Å². The molecule has 1 amide bonds. The molecule has 1 rings (SSSR count). The molecule has 0 radical (unpaired) electrons. The molecule has 0 aliphatic heterocycles. The van der Waals surface area contributed by atoms with Crippen molar-refractivity contribution in [2.75, 3.05) is 12.3 Å². The van der Waals surface area contributed by atoms with Crippen LogP contribution in [0.3, 0.4) is 0 Å². The number of nitro groups is 1. The van der Waals surface area contributed by atoms with E-state index in [2.05, 4.69) is 5.32 Å². The van der Waals surface area contributed by atoms with E-state index in [0.717, 1.165) is 0 Å². The SMILES string of the molecule is CC(C)(C)OC(=O)NCCC=Cc1cc([N+](=O)[O-])ccc1N. The van der Waals surface area contributed by atoms with Gasteiger partial charge in [-0.1, -0.05) is 12.2 Å². The molecule has 0 atom stereocenters. The Hall–Kier alpha value is -2.57. The number of amides is 1. The van der Waals surface area contributed by atoms with E-state index in [-0.39, 0.29) is 5.69 Å². The van der Waals surface area contributed by atoms with Gasteiger partial charge in [0, 0.05) is 29.9 Å². The highest BCUT2D eigenvalue weighted by Gasteiger charge is 2.15. The van der Waals surface area contributed by atoms with Gasteiger partial charge < -0.3 is 15.8 Å². The Morgan fingerprint density at radius 3 is 2.73 bits per heavy atom. The zero-order valence-electron chi connectivity index (χ0n) is 13.0. The van der Waals surface area contributed by atoms with Crippen molar-refractivity contribution in [3.63, 3.8) is 0 Å². The lowest BCUT2D eigenvalue weighted by Crippen LogP contribution is -2.32. The van der Waals surface area contributed by atoms with Gasteiger partial charge in [0.15, 0.2) is 0 Å². The van der Waals surface area contributed by atoms with Crippen molar-refractivity contribution in [3.05, 3.63) is 40.0 Å². The van der Waals surface area contributed by atoms with Crippen molar-refractivity contribution in [3.8, 4) is 0 Å². The van der Waals surface area contributed by atoms with Crippen LogP contribution in [0.1, 0.15) is 32.8 Å². The second kappa shape index (κ2) is 7.44. The normalized spacial score (nSPS) is 11.4. The Morgan fingerprint density at radius 1 is 1.45 bits per heavy atom. The highest BCUT2D eigenvalue weighted by atomic mass is 16.6. The molecule has 120 valence electrons. The number of anilines is 1. The molecular weight excluding hydrogens is 286 g/mol. The van der Waals surface area contributed by atoms with Crippen LogP contribution in [0.4, 0.5) is 16.2 Å². The largest absolute Gasteiger partial charge is 0.444 e. The minimum atomic E-state index is -0.530. The number of carbonyl (C=O) groups is 1. The molecule has 0 aliphatic carbocycles. The lowest BCUT2D eigenvalue weighted by atomic mass is 10.1. The molecule has 3 N–H and O–H groups in total. The Bertz CT molecular complexity index is 577. The first-order valence-electron chi connectivity index (χ1n) is 6.86. The average Bonchev–Trinajstić information content (AvgIpc) is 2.37. The molecule has 0 bridgehead atoms. The van der Waals surface area contributed by atoms with Crippen LogP contribution in [-0.4, -0.2) is 23.2 Å². The second-order valence-electron chi connectivity index (χ2n) is 5.69. The minimum absolute atomic E-state index is 0.0132. The topological polar surface area (TPSA) is 107 Å². The number of non-ortho nitro benzene ring substituents is 1. The van der Waals surface area contributed by atoms with Crippen molar-refractivity contribution in [2.24, 2.45) is 0 Å². The molecule has 0 spiro atoms. The van der Waals surface area contributed by atoms with E-state index in [1.165, 1.54) is 18.2 Å². The molecule has 0 fully saturated rings. The molecule has 1 aromatic carbocycles.